The van der Waals surface area contributed by atoms with Crippen LogP contribution in [0.4, 0.5) is 5.82 Å². The molecule has 0 saturated carbocycles. The van der Waals surface area contributed by atoms with Gasteiger partial charge in [-0.15, -0.1) is 0 Å². The first-order valence-electron chi connectivity index (χ1n) is 5.98. The Bertz CT molecular complexity index is 386. The smallest absolute Gasteiger partial charge is 0.126 e. The highest BCUT2D eigenvalue weighted by molar-refractivity contribution is 6.31. The molecule has 2 rings (SSSR count). The van der Waals surface area contributed by atoms with Crippen LogP contribution in [0.25, 0.3) is 0 Å². The maximum atomic E-state index is 9.48. The van der Waals surface area contributed by atoms with E-state index in [-0.39, 0.29) is 6.10 Å². The molecule has 1 aliphatic heterocycles. The lowest BCUT2D eigenvalue weighted by molar-refractivity contribution is 0.174. The molecule has 4 nitrogen and oxygen atoms in total. The average Bonchev–Trinajstić information content (AvgIpc) is 2.69. The lowest BCUT2D eigenvalue weighted by atomic mass is 10.3. The average molecular weight is 256 g/mol. The monoisotopic (exact) mass is 255 g/mol. The van der Waals surface area contributed by atoms with Gasteiger partial charge in [-0.1, -0.05) is 11.6 Å². The van der Waals surface area contributed by atoms with E-state index in [2.05, 4.69) is 15.2 Å². The lowest BCUT2D eigenvalue weighted by Crippen LogP contribution is -2.22. The predicted octanol–water partition coefficient (Wildman–Crippen LogP) is 1.73. The van der Waals surface area contributed by atoms with Crippen LogP contribution in [0.3, 0.4) is 0 Å². The van der Waals surface area contributed by atoms with Crippen molar-refractivity contribution in [3.8, 4) is 0 Å². The molecule has 2 heterocycles. The van der Waals surface area contributed by atoms with Crippen LogP contribution in [0.2, 0.25) is 5.02 Å². The molecule has 0 amide bonds. The Kier molecular flexibility index (Phi) is 4.20. The van der Waals surface area contributed by atoms with E-state index in [1.54, 1.807) is 0 Å². The normalized spacial score (nSPS) is 20.8. The van der Waals surface area contributed by atoms with Crippen LogP contribution in [-0.2, 0) is 6.54 Å². The van der Waals surface area contributed by atoms with Crippen molar-refractivity contribution in [2.45, 2.75) is 26.0 Å². The number of anilines is 1. The van der Waals surface area contributed by atoms with Crippen LogP contribution in [0, 0.1) is 0 Å². The number of aliphatic hydroxyl groups is 1. The number of nitrogens with one attached hydrogen (secondary N) is 1. The van der Waals surface area contributed by atoms with Crippen molar-refractivity contribution in [3.05, 3.63) is 22.8 Å². The van der Waals surface area contributed by atoms with Crippen molar-refractivity contribution < 1.29 is 5.11 Å². The number of β-amino-alcohol motifs (C(OH)–C–C–N with tert-alkyl or cyclic N) is 1. The number of likely N-dealkylation sites (tertiary alicyclic amines) is 1. The van der Waals surface area contributed by atoms with Crippen LogP contribution >= 0.6 is 11.6 Å². The Balaban J connectivity index is 2.06. The summed E-state index contributed by atoms with van der Waals surface area (Å²) in [5, 5.41) is 13.3. The summed E-state index contributed by atoms with van der Waals surface area (Å²) in [5.74, 6) is 0.853. The first-order valence-corrected chi connectivity index (χ1v) is 6.36. The third-order valence-electron chi connectivity index (χ3n) is 2.90. The maximum Gasteiger partial charge on any atom is 0.126 e. The van der Waals surface area contributed by atoms with Crippen molar-refractivity contribution in [1.29, 1.82) is 0 Å². The van der Waals surface area contributed by atoms with E-state index in [1.165, 1.54) is 0 Å². The maximum absolute atomic E-state index is 9.48. The van der Waals surface area contributed by atoms with E-state index in [0.717, 1.165) is 31.0 Å². The van der Waals surface area contributed by atoms with Crippen LogP contribution in [0.1, 0.15) is 19.0 Å². The standard InChI is InChI=1S/C12H18ClN3O/c1-2-14-12-4-3-10(13)11(15-12)8-16-6-5-9(17)7-16/h3-4,9,17H,2,5-8H2,1H3,(H,14,15). The molecule has 1 atom stereocenters. The number of nitrogens with zero attached hydrogens (tertiary/aromatic N) is 2. The fourth-order valence-electron chi connectivity index (χ4n) is 2.04. The lowest BCUT2D eigenvalue weighted by Gasteiger charge is -2.16. The molecule has 1 saturated heterocycles. The van der Waals surface area contributed by atoms with Gasteiger partial charge < -0.3 is 10.4 Å². The molecule has 0 aliphatic carbocycles. The van der Waals surface area contributed by atoms with Crippen molar-refractivity contribution in [2.24, 2.45) is 0 Å². The van der Waals surface area contributed by atoms with Crippen LogP contribution in [0.15, 0.2) is 12.1 Å². The number of rotatable bonds is 4. The topological polar surface area (TPSA) is 48.4 Å². The van der Waals surface area contributed by atoms with Gasteiger partial charge in [-0.05, 0) is 25.5 Å². The molecule has 0 spiro atoms. The number of aliphatic hydroxyl groups excluding tert-OH is 1. The van der Waals surface area contributed by atoms with Crippen LogP contribution < -0.4 is 5.32 Å². The fourth-order valence-corrected chi connectivity index (χ4v) is 2.21. The summed E-state index contributed by atoms with van der Waals surface area (Å²) < 4.78 is 0. The van der Waals surface area contributed by atoms with Gasteiger partial charge >= 0.3 is 0 Å². The van der Waals surface area contributed by atoms with Gasteiger partial charge in [-0.2, -0.15) is 0 Å². The van der Waals surface area contributed by atoms with Gasteiger partial charge in [0.15, 0.2) is 0 Å². The van der Waals surface area contributed by atoms with Gasteiger partial charge in [-0.3, -0.25) is 4.90 Å². The highest BCUT2D eigenvalue weighted by atomic mass is 35.5. The summed E-state index contributed by atoms with van der Waals surface area (Å²) in [5.41, 5.74) is 0.874. The molecule has 0 bridgehead atoms. The second-order valence-electron chi connectivity index (χ2n) is 4.33. The van der Waals surface area contributed by atoms with Gasteiger partial charge in [0.05, 0.1) is 16.8 Å². The molecule has 2 N–H and O–H groups in total. The molecule has 17 heavy (non-hydrogen) atoms. The minimum atomic E-state index is -0.203. The molecule has 1 fully saturated rings. The predicted molar refractivity (Wildman–Crippen MR) is 69.3 cm³/mol. The molecule has 1 aromatic heterocycles. The Morgan fingerprint density at radius 2 is 2.41 bits per heavy atom. The molecule has 1 unspecified atom stereocenters. The number of aromatic nitrogens is 1. The zero-order valence-corrected chi connectivity index (χ0v) is 10.7. The molecular weight excluding hydrogens is 238 g/mol. The second kappa shape index (κ2) is 5.67. The fraction of sp³-hybridized carbons (Fsp3) is 0.583. The first kappa shape index (κ1) is 12.6. The number of hydrogen-bond donors (Lipinski definition) is 2. The summed E-state index contributed by atoms with van der Waals surface area (Å²) in [6.45, 7) is 5.20. The first-order chi connectivity index (χ1) is 8.19. The molecule has 0 aromatic carbocycles. The van der Waals surface area contributed by atoms with Crippen LogP contribution in [-0.4, -0.2) is 40.7 Å². The highest BCUT2D eigenvalue weighted by Crippen LogP contribution is 2.20. The van der Waals surface area contributed by atoms with Gasteiger partial charge in [0.25, 0.3) is 0 Å². The largest absolute Gasteiger partial charge is 0.392 e. The Morgan fingerprint density at radius 3 is 3.06 bits per heavy atom. The Labute approximate surface area is 107 Å². The molecule has 5 heteroatoms. The summed E-state index contributed by atoms with van der Waals surface area (Å²) in [4.78, 5) is 6.66. The summed E-state index contributed by atoms with van der Waals surface area (Å²) in [7, 11) is 0. The van der Waals surface area contributed by atoms with Gasteiger partial charge in [0.2, 0.25) is 0 Å². The molecule has 0 radical (unpaired) electrons. The Morgan fingerprint density at radius 1 is 1.59 bits per heavy atom. The van der Waals surface area contributed by atoms with E-state index in [1.807, 2.05) is 19.1 Å². The summed E-state index contributed by atoms with van der Waals surface area (Å²) in [6.07, 6.45) is 0.635. The molecule has 1 aromatic rings. The molecular formula is C12H18ClN3O. The van der Waals surface area contributed by atoms with Crippen molar-refractivity contribution in [3.63, 3.8) is 0 Å². The van der Waals surface area contributed by atoms with Gasteiger partial charge in [-0.25, -0.2) is 4.98 Å². The van der Waals surface area contributed by atoms with Crippen LogP contribution in [0.5, 0.6) is 0 Å². The number of halogens is 1. The van der Waals surface area contributed by atoms with Gasteiger partial charge in [0.1, 0.15) is 5.82 Å². The summed E-state index contributed by atoms with van der Waals surface area (Å²) in [6, 6.07) is 3.75. The van der Waals surface area contributed by atoms with Gasteiger partial charge in [0, 0.05) is 26.2 Å². The number of hydrogen-bond acceptors (Lipinski definition) is 4. The van der Waals surface area contributed by atoms with E-state index in [0.29, 0.717) is 18.1 Å². The molecule has 1 aliphatic rings. The number of pyridine rings is 1. The zero-order chi connectivity index (χ0) is 12.3. The summed E-state index contributed by atoms with van der Waals surface area (Å²) >= 11 is 6.13. The quantitative estimate of drug-likeness (QED) is 0.860. The second-order valence-corrected chi connectivity index (χ2v) is 4.74. The minimum Gasteiger partial charge on any atom is -0.392 e. The third-order valence-corrected chi connectivity index (χ3v) is 3.24. The van der Waals surface area contributed by atoms with Crippen molar-refractivity contribution in [1.82, 2.24) is 9.88 Å². The molecule has 94 valence electrons. The van der Waals surface area contributed by atoms with E-state index >= 15 is 0 Å². The SMILES string of the molecule is CCNc1ccc(Cl)c(CN2CCC(O)C2)n1. The van der Waals surface area contributed by atoms with E-state index in [9.17, 15) is 5.11 Å². The minimum absolute atomic E-state index is 0.203. The van der Waals surface area contributed by atoms with Crippen molar-refractivity contribution in [2.75, 3.05) is 25.0 Å². The van der Waals surface area contributed by atoms with E-state index < -0.39 is 0 Å². The highest BCUT2D eigenvalue weighted by Gasteiger charge is 2.21. The zero-order valence-electron chi connectivity index (χ0n) is 9.99. The Hall–Kier alpha value is -0.840. The van der Waals surface area contributed by atoms with Crippen molar-refractivity contribution >= 4 is 17.4 Å². The van der Waals surface area contributed by atoms with E-state index in [4.69, 9.17) is 11.6 Å². The third kappa shape index (κ3) is 3.31.